The zero-order valence-corrected chi connectivity index (χ0v) is 14.1. The van der Waals surface area contributed by atoms with Crippen LogP contribution in [0.2, 0.25) is 0 Å². The lowest BCUT2D eigenvalue weighted by Crippen LogP contribution is -2.42. The summed E-state index contributed by atoms with van der Waals surface area (Å²) in [6.07, 6.45) is 1.95. The topological polar surface area (TPSA) is 94.5 Å². The van der Waals surface area contributed by atoms with E-state index >= 15 is 0 Å². The Balaban J connectivity index is 1.62. The van der Waals surface area contributed by atoms with Crippen LogP contribution in [0.15, 0.2) is 24.3 Å². The standard InChI is InChI=1S/C18H21N5O2/c1-20-17(24)13-4-3-12(10-14(13)19)23-8-5-11-9-15(21-16(11)23)18(25)22-6-2-7-22/h3-4,9-10,21H,2,5-8,19H2,1H3,(H,20,24). The monoisotopic (exact) mass is 339 g/mol. The number of nitrogen functional groups attached to an aromatic ring is 1. The van der Waals surface area contributed by atoms with E-state index in [-0.39, 0.29) is 11.8 Å². The highest BCUT2D eigenvalue weighted by Gasteiger charge is 2.28. The van der Waals surface area contributed by atoms with Crippen LogP contribution in [-0.2, 0) is 6.42 Å². The van der Waals surface area contributed by atoms with E-state index in [2.05, 4.69) is 15.2 Å². The summed E-state index contributed by atoms with van der Waals surface area (Å²) >= 11 is 0. The summed E-state index contributed by atoms with van der Waals surface area (Å²) in [7, 11) is 1.58. The first-order valence-corrected chi connectivity index (χ1v) is 8.49. The van der Waals surface area contributed by atoms with Crippen LogP contribution >= 0.6 is 0 Å². The van der Waals surface area contributed by atoms with E-state index < -0.39 is 0 Å². The van der Waals surface area contributed by atoms with Gasteiger partial charge in [0.2, 0.25) is 0 Å². The van der Waals surface area contributed by atoms with Gasteiger partial charge in [-0.25, -0.2) is 0 Å². The third-order valence-electron chi connectivity index (χ3n) is 4.94. The zero-order chi connectivity index (χ0) is 17.6. The molecule has 4 N–H and O–H groups in total. The Morgan fingerprint density at radius 3 is 2.64 bits per heavy atom. The fourth-order valence-electron chi connectivity index (χ4n) is 3.38. The number of amides is 2. The number of aromatic nitrogens is 1. The first-order valence-electron chi connectivity index (χ1n) is 8.49. The molecular weight excluding hydrogens is 318 g/mol. The molecule has 0 atom stereocenters. The molecule has 7 heteroatoms. The highest BCUT2D eigenvalue weighted by atomic mass is 16.2. The van der Waals surface area contributed by atoms with Crippen LogP contribution in [0.3, 0.4) is 0 Å². The Hall–Kier alpha value is -2.96. The van der Waals surface area contributed by atoms with Crippen molar-refractivity contribution in [3.05, 3.63) is 41.1 Å². The van der Waals surface area contributed by atoms with Crippen molar-refractivity contribution in [1.29, 1.82) is 0 Å². The summed E-state index contributed by atoms with van der Waals surface area (Å²) in [4.78, 5) is 31.4. The summed E-state index contributed by atoms with van der Waals surface area (Å²) in [6, 6.07) is 7.38. The molecule has 3 heterocycles. The Kier molecular flexibility index (Phi) is 3.63. The minimum Gasteiger partial charge on any atom is -0.398 e. The summed E-state index contributed by atoms with van der Waals surface area (Å²) in [5.41, 5.74) is 9.64. The number of aromatic amines is 1. The molecule has 2 aromatic rings. The Bertz CT molecular complexity index is 853. The second-order valence-corrected chi connectivity index (χ2v) is 6.45. The fourth-order valence-corrected chi connectivity index (χ4v) is 3.38. The molecule has 1 aromatic heterocycles. The quantitative estimate of drug-likeness (QED) is 0.739. The molecule has 0 spiro atoms. The van der Waals surface area contributed by atoms with Gasteiger partial charge in [0, 0.05) is 38.1 Å². The molecule has 0 aliphatic carbocycles. The van der Waals surface area contributed by atoms with Crippen molar-refractivity contribution in [2.45, 2.75) is 12.8 Å². The maximum absolute atomic E-state index is 12.4. The van der Waals surface area contributed by atoms with Crippen molar-refractivity contribution in [1.82, 2.24) is 15.2 Å². The number of nitrogens with zero attached hydrogens (tertiary/aromatic N) is 2. The molecule has 1 saturated heterocycles. The Labute approximate surface area is 145 Å². The number of fused-ring (bicyclic) bond motifs is 1. The van der Waals surface area contributed by atoms with Gasteiger partial charge in [-0.15, -0.1) is 0 Å². The summed E-state index contributed by atoms with van der Waals surface area (Å²) in [5, 5.41) is 2.58. The molecule has 7 nitrogen and oxygen atoms in total. The Morgan fingerprint density at radius 1 is 1.20 bits per heavy atom. The number of hydrogen-bond acceptors (Lipinski definition) is 4. The second-order valence-electron chi connectivity index (χ2n) is 6.45. The molecule has 130 valence electrons. The molecule has 0 bridgehead atoms. The van der Waals surface area contributed by atoms with E-state index in [4.69, 9.17) is 5.73 Å². The summed E-state index contributed by atoms with van der Waals surface area (Å²) in [6.45, 7) is 2.49. The SMILES string of the molecule is CNC(=O)c1ccc(N2CCc3cc(C(=O)N4CCC4)[nH]c32)cc1N. The lowest BCUT2D eigenvalue weighted by molar-refractivity contribution is 0.0646. The van der Waals surface area contributed by atoms with E-state index in [9.17, 15) is 9.59 Å². The first kappa shape index (κ1) is 15.6. The molecular formula is C18H21N5O2. The highest BCUT2D eigenvalue weighted by Crippen LogP contribution is 2.36. The molecule has 0 radical (unpaired) electrons. The predicted octanol–water partition coefficient (Wildman–Crippen LogP) is 1.50. The van der Waals surface area contributed by atoms with E-state index in [1.54, 1.807) is 19.2 Å². The number of H-pyrrole nitrogens is 1. The molecule has 0 unspecified atom stereocenters. The van der Waals surface area contributed by atoms with Gasteiger partial charge >= 0.3 is 0 Å². The average Bonchev–Trinajstić information content (AvgIpc) is 3.12. The maximum Gasteiger partial charge on any atom is 0.270 e. The summed E-state index contributed by atoms with van der Waals surface area (Å²) < 4.78 is 0. The zero-order valence-electron chi connectivity index (χ0n) is 14.1. The van der Waals surface area contributed by atoms with Crippen LogP contribution < -0.4 is 16.0 Å². The van der Waals surface area contributed by atoms with Crippen LogP contribution in [0, 0.1) is 0 Å². The number of hydrogen-bond donors (Lipinski definition) is 3. The number of nitrogens with one attached hydrogen (secondary N) is 2. The number of carbonyl (C=O) groups is 2. The number of nitrogens with two attached hydrogens (primary N) is 1. The van der Waals surface area contributed by atoms with E-state index in [1.807, 2.05) is 17.0 Å². The van der Waals surface area contributed by atoms with Crippen LogP contribution in [0.5, 0.6) is 0 Å². The van der Waals surface area contributed by atoms with Crippen molar-refractivity contribution >= 4 is 29.0 Å². The third-order valence-corrected chi connectivity index (χ3v) is 4.94. The Morgan fingerprint density at radius 2 is 2.00 bits per heavy atom. The van der Waals surface area contributed by atoms with Gasteiger partial charge in [-0.3, -0.25) is 9.59 Å². The van der Waals surface area contributed by atoms with Crippen molar-refractivity contribution in [3.63, 3.8) is 0 Å². The minimum absolute atomic E-state index is 0.0649. The van der Waals surface area contributed by atoms with Gasteiger partial charge in [0.1, 0.15) is 11.5 Å². The van der Waals surface area contributed by atoms with Gasteiger partial charge < -0.3 is 25.8 Å². The lowest BCUT2D eigenvalue weighted by atomic mass is 10.1. The van der Waals surface area contributed by atoms with Gasteiger partial charge in [-0.2, -0.15) is 0 Å². The van der Waals surface area contributed by atoms with Crippen LogP contribution in [0.25, 0.3) is 0 Å². The van der Waals surface area contributed by atoms with Crippen LogP contribution in [0.1, 0.15) is 32.8 Å². The highest BCUT2D eigenvalue weighted by molar-refractivity contribution is 6.00. The van der Waals surface area contributed by atoms with E-state index in [0.29, 0.717) is 16.9 Å². The van der Waals surface area contributed by atoms with Gasteiger partial charge in [-0.05, 0) is 42.7 Å². The van der Waals surface area contributed by atoms with Gasteiger partial charge in [0.05, 0.1) is 5.56 Å². The number of rotatable bonds is 3. The van der Waals surface area contributed by atoms with E-state index in [1.165, 1.54) is 0 Å². The predicted molar refractivity (Wildman–Crippen MR) is 96.3 cm³/mol. The normalized spacial score (nSPS) is 15.7. The molecule has 2 aliphatic rings. The molecule has 0 saturated carbocycles. The smallest absolute Gasteiger partial charge is 0.270 e. The number of benzene rings is 1. The summed E-state index contributed by atoms with van der Waals surface area (Å²) in [5.74, 6) is 0.805. The molecule has 1 fully saturated rings. The fraction of sp³-hybridized carbons (Fsp3) is 0.333. The molecule has 2 amide bonds. The van der Waals surface area contributed by atoms with Crippen LogP contribution in [-0.4, -0.2) is 48.4 Å². The number of anilines is 3. The van der Waals surface area contributed by atoms with Crippen LogP contribution in [0.4, 0.5) is 17.2 Å². The second kappa shape index (κ2) is 5.84. The third kappa shape index (κ3) is 2.52. The van der Waals surface area contributed by atoms with Crippen molar-refractivity contribution < 1.29 is 9.59 Å². The lowest BCUT2D eigenvalue weighted by Gasteiger charge is -2.30. The molecule has 1 aromatic carbocycles. The van der Waals surface area contributed by atoms with Gasteiger partial charge in [-0.1, -0.05) is 0 Å². The van der Waals surface area contributed by atoms with Gasteiger partial charge in [0.15, 0.2) is 0 Å². The maximum atomic E-state index is 12.4. The van der Waals surface area contributed by atoms with Gasteiger partial charge in [0.25, 0.3) is 11.8 Å². The largest absolute Gasteiger partial charge is 0.398 e. The molecule has 25 heavy (non-hydrogen) atoms. The molecule has 4 rings (SSSR count). The number of carbonyl (C=O) groups excluding carboxylic acids is 2. The van der Waals surface area contributed by atoms with E-state index in [0.717, 1.165) is 49.5 Å². The van der Waals surface area contributed by atoms with Crippen molar-refractivity contribution in [2.75, 3.05) is 37.3 Å². The minimum atomic E-state index is -0.200. The van der Waals surface area contributed by atoms with Crippen molar-refractivity contribution in [2.24, 2.45) is 0 Å². The average molecular weight is 339 g/mol. The number of likely N-dealkylation sites (tertiary alicyclic amines) is 1. The first-order chi connectivity index (χ1) is 12.1. The van der Waals surface area contributed by atoms with Crippen molar-refractivity contribution in [3.8, 4) is 0 Å². The molecule has 2 aliphatic heterocycles.